The molecule has 10 heteroatoms. The third-order valence-corrected chi connectivity index (χ3v) is 4.86. The van der Waals surface area contributed by atoms with Gasteiger partial charge in [0.05, 0.1) is 4.90 Å². The molecule has 0 atom stereocenters. The van der Waals surface area contributed by atoms with Crippen molar-refractivity contribution in [2.75, 3.05) is 44.6 Å². The molecule has 4 N–H and O–H groups in total. The van der Waals surface area contributed by atoms with Gasteiger partial charge < -0.3 is 16.0 Å². The molecule has 0 spiro atoms. The lowest BCUT2D eigenvalue weighted by Crippen LogP contribution is -2.50. The second-order valence-corrected chi connectivity index (χ2v) is 7.16. The molecule has 0 bridgehead atoms. The standard InChI is InChI=1S/C16H21N5O4S/c17-5-6-20-7-9-21(10-8-20)16(22)13(11-18)12-19-14-1-3-15(4-2-14)26(23,24)25/h1-4,12,19H,5-10,17H2,(H,23,24,25)/b13-12-. The van der Waals surface area contributed by atoms with Gasteiger partial charge in [-0.15, -0.1) is 0 Å². The van der Waals surface area contributed by atoms with Crippen molar-refractivity contribution < 1.29 is 17.8 Å². The van der Waals surface area contributed by atoms with E-state index in [0.29, 0.717) is 38.4 Å². The van der Waals surface area contributed by atoms with Crippen LogP contribution in [0.2, 0.25) is 0 Å². The van der Waals surface area contributed by atoms with Crippen molar-refractivity contribution in [2.45, 2.75) is 4.90 Å². The van der Waals surface area contributed by atoms with Crippen LogP contribution in [-0.4, -0.2) is 67.9 Å². The lowest BCUT2D eigenvalue weighted by atomic mass is 10.2. The smallest absolute Gasteiger partial charge is 0.294 e. The number of hydrogen-bond acceptors (Lipinski definition) is 7. The highest BCUT2D eigenvalue weighted by Crippen LogP contribution is 2.14. The number of nitriles is 1. The molecule has 9 nitrogen and oxygen atoms in total. The van der Waals surface area contributed by atoms with Gasteiger partial charge in [0.25, 0.3) is 16.0 Å². The highest BCUT2D eigenvalue weighted by Gasteiger charge is 2.23. The van der Waals surface area contributed by atoms with Crippen LogP contribution in [0.1, 0.15) is 0 Å². The van der Waals surface area contributed by atoms with Crippen molar-refractivity contribution in [2.24, 2.45) is 5.73 Å². The van der Waals surface area contributed by atoms with E-state index in [4.69, 9.17) is 10.3 Å². The monoisotopic (exact) mass is 379 g/mol. The summed E-state index contributed by atoms with van der Waals surface area (Å²) in [6, 6.07) is 7.16. The zero-order valence-corrected chi connectivity index (χ0v) is 14.9. The maximum atomic E-state index is 12.4. The molecule has 26 heavy (non-hydrogen) atoms. The van der Waals surface area contributed by atoms with E-state index in [-0.39, 0.29) is 16.4 Å². The van der Waals surface area contributed by atoms with Gasteiger partial charge in [-0.25, -0.2) is 0 Å². The van der Waals surface area contributed by atoms with Crippen LogP contribution in [0.25, 0.3) is 0 Å². The topological polar surface area (TPSA) is 140 Å². The highest BCUT2D eigenvalue weighted by atomic mass is 32.2. The van der Waals surface area contributed by atoms with E-state index in [0.717, 1.165) is 6.54 Å². The molecule has 0 saturated carbocycles. The summed E-state index contributed by atoms with van der Waals surface area (Å²) in [7, 11) is -4.26. The lowest BCUT2D eigenvalue weighted by Gasteiger charge is -2.34. The average molecular weight is 379 g/mol. The Bertz CT molecular complexity index is 806. The molecular formula is C16H21N5O4S. The first kappa shape index (κ1) is 19.9. The number of piperazine rings is 1. The number of nitrogens with two attached hydrogens (primary N) is 1. The van der Waals surface area contributed by atoms with Gasteiger partial charge in [-0.05, 0) is 24.3 Å². The molecule has 1 saturated heterocycles. The predicted molar refractivity (Wildman–Crippen MR) is 95.6 cm³/mol. The summed E-state index contributed by atoms with van der Waals surface area (Å²) in [6.07, 6.45) is 1.29. The number of anilines is 1. The minimum absolute atomic E-state index is 0.0452. The Morgan fingerprint density at radius 3 is 2.38 bits per heavy atom. The van der Waals surface area contributed by atoms with Crippen molar-refractivity contribution >= 4 is 21.7 Å². The Kier molecular flexibility index (Phi) is 6.70. The van der Waals surface area contributed by atoms with Crippen molar-refractivity contribution in [1.82, 2.24) is 9.80 Å². The van der Waals surface area contributed by atoms with Crippen molar-refractivity contribution in [3.8, 4) is 6.07 Å². The molecule has 1 aromatic rings. The van der Waals surface area contributed by atoms with Crippen molar-refractivity contribution in [3.05, 3.63) is 36.0 Å². The first-order valence-corrected chi connectivity index (χ1v) is 9.45. The molecule has 2 rings (SSSR count). The zero-order chi connectivity index (χ0) is 19.2. The first-order chi connectivity index (χ1) is 12.3. The number of carbonyl (C=O) groups is 1. The second kappa shape index (κ2) is 8.77. The van der Waals surface area contributed by atoms with Crippen LogP contribution in [-0.2, 0) is 14.9 Å². The van der Waals surface area contributed by atoms with E-state index in [2.05, 4.69) is 10.2 Å². The SMILES string of the molecule is N#C/C(=C/Nc1ccc(S(=O)(=O)O)cc1)C(=O)N1CCN(CCN)CC1. The third kappa shape index (κ3) is 5.27. The first-order valence-electron chi connectivity index (χ1n) is 8.01. The van der Waals surface area contributed by atoms with Gasteiger partial charge in [0.2, 0.25) is 0 Å². The number of nitrogens with one attached hydrogen (secondary N) is 1. The fourth-order valence-corrected chi connectivity index (χ4v) is 3.03. The highest BCUT2D eigenvalue weighted by molar-refractivity contribution is 7.85. The minimum Gasteiger partial charge on any atom is -0.360 e. The van der Waals surface area contributed by atoms with E-state index >= 15 is 0 Å². The van der Waals surface area contributed by atoms with Gasteiger partial charge in [0, 0.05) is 51.2 Å². The fraction of sp³-hybridized carbons (Fsp3) is 0.375. The van der Waals surface area contributed by atoms with Crippen LogP contribution >= 0.6 is 0 Å². The van der Waals surface area contributed by atoms with E-state index in [1.165, 1.54) is 30.5 Å². The largest absolute Gasteiger partial charge is 0.360 e. The van der Waals surface area contributed by atoms with Gasteiger partial charge in [-0.1, -0.05) is 0 Å². The van der Waals surface area contributed by atoms with E-state index in [1.807, 2.05) is 6.07 Å². The predicted octanol–water partition coefficient (Wildman–Crippen LogP) is -0.144. The quantitative estimate of drug-likeness (QED) is 0.352. The molecule has 140 valence electrons. The summed E-state index contributed by atoms with van der Waals surface area (Å²) in [6.45, 7) is 3.84. The van der Waals surface area contributed by atoms with E-state index in [9.17, 15) is 18.5 Å². The van der Waals surface area contributed by atoms with Crippen LogP contribution < -0.4 is 11.1 Å². The second-order valence-electron chi connectivity index (χ2n) is 5.74. The Hall–Kier alpha value is -2.45. The summed E-state index contributed by atoms with van der Waals surface area (Å²) in [5, 5.41) is 12.0. The summed E-state index contributed by atoms with van der Waals surface area (Å²) in [5.74, 6) is -0.359. The Morgan fingerprint density at radius 2 is 1.88 bits per heavy atom. The third-order valence-electron chi connectivity index (χ3n) is 3.99. The van der Waals surface area contributed by atoms with Crippen LogP contribution in [0.5, 0.6) is 0 Å². The Morgan fingerprint density at radius 1 is 1.27 bits per heavy atom. The van der Waals surface area contributed by atoms with Gasteiger partial charge >= 0.3 is 0 Å². The van der Waals surface area contributed by atoms with E-state index in [1.54, 1.807) is 4.90 Å². The van der Waals surface area contributed by atoms with E-state index < -0.39 is 10.1 Å². The van der Waals surface area contributed by atoms with Crippen LogP contribution in [0.15, 0.2) is 40.9 Å². The maximum absolute atomic E-state index is 12.4. The molecule has 0 aromatic heterocycles. The number of carbonyl (C=O) groups excluding carboxylic acids is 1. The molecular weight excluding hydrogens is 358 g/mol. The summed E-state index contributed by atoms with van der Waals surface area (Å²) in [4.78, 5) is 16.0. The maximum Gasteiger partial charge on any atom is 0.294 e. The normalized spacial score (nSPS) is 16.2. The van der Waals surface area contributed by atoms with Crippen LogP contribution in [0.4, 0.5) is 5.69 Å². The fourth-order valence-electron chi connectivity index (χ4n) is 2.55. The Balaban J connectivity index is 1.99. The van der Waals surface area contributed by atoms with Crippen LogP contribution in [0, 0.1) is 11.3 Å². The van der Waals surface area contributed by atoms with Gasteiger partial charge in [-0.3, -0.25) is 14.2 Å². The average Bonchev–Trinajstić information content (AvgIpc) is 2.62. The summed E-state index contributed by atoms with van der Waals surface area (Å²) >= 11 is 0. The minimum atomic E-state index is -4.26. The summed E-state index contributed by atoms with van der Waals surface area (Å²) in [5.41, 5.74) is 5.95. The van der Waals surface area contributed by atoms with Crippen molar-refractivity contribution in [3.63, 3.8) is 0 Å². The van der Waals surface area contributed by atoms with Gasteiger partial charge in [0.1, 0.15) is 11.6 Å². The molecule has 1 heterocycles. The van der Waals surface area contributed by atoms with Gasteiger partial charge in [-0.2, -0.15) is 13.7 Å². The molecule has 1 amide bonds. The number of rotatable bonds is 6. The number of hydrogen-bond donors (Lipinski definition) is 3. The molecule has 1 fully saturated rings. The lowest BCUT2D eigenvalue weighted by molar-refractivity contribution is -0.128. The molecule has 1 aromatic carbocycles. The molecule has 1 aliphatic heterocycles. The molecule has 1 aliphatic rings. The molecule has 0 radical (unpaired) electrons. The van der Waals surface area contributed by atoms with Gasteiger partial charge in [0.15, 0.2) is 0 Å². The molecule has 0 aliphatic carbocycles. The number of benzene rings is 1. The number of nitrogens with zero attached hydrogens (tertiary/aromatic N) is 3. The number of amides is 1. The Labute approximate surface area is 152 Å². The summed E-state index contributed by atoms with van der Waals surface area (Å²) < 4.78 is 31.0. The van der Waals surface area contributed by atoms with Crippen molar-refractivity contribution in [1.29, 1.82) is 5.26 Å². The zero-order valence-electron chi connectivity index (χ0n) is 14.1. The van der Waals surface area contributed by atoms with Crippen LogP contribution in [0.3, 0.4) is 0 Å². The molecule has 0 unspecified atom stereocenters.